The molecule has 1 heterocycles. The van der Waals surface area contributed by atoms with E-state index in [2.05, 4.69) is 5.32 Å². The fourth-order valence-electron chi connectivity index (χ4n) is 2.98. The van der Waals surface area contributed by atoms with Crippen LogP contribution in [0.3, 0.4) is 0 Å². The number of aryl methyl sites for hydroxylation is 1. The Morgan fingerprint density at radius 3 is 2.59 bits per heavy atom. The van der Waals surface area contributed by atoms with E-state index in [1.165, 1.54) is 34.8 Å². The molecule has 1 amide bonds. The molecule has 0 bridgehead atoms. The van der Waals surface area contributed by atoms with E-state index in [9.17, 15) is 17.6 Å². The van der Waals surface area contributed by atoms with Crippen molar-refractivity contribution in [3.63, 3.8) is 0 Å². The molecule has 2 aromatic carbocycles. The first-order valence-electron chi connectivity index (χ1n) is 8.58. The van der Waals surface area contributed by atoms with Gasteiger partial charge in [-0.15, -0.1) is 0 Å². The topological polar surface area (TPSA) is 75.7 Å². The number of benzene rings is 2. The molecular weight excluding hydrogens is 371 g/mol. The van der Waals surface area contributed by atoms with Crippen LogP contribution in [0.15, 0.2) is 42.5 Å². The first-order valence-corrected chi connectivity index (χ1v) is 10.4. The Bertz CT molecular complexity index is 945. The lowest BCUT2D eigenvalue weighted by atomic mass is 10.0. The molecule has 2 aromatic rings. The van der Waals surface area contributed by atoms with Crippen molar-refractivity contribution in [2.75, 3.05) is 22.4 Å². The maximum absolute atomic E-state index is 12.9. The zero-order chi connectivity index (χ0) is 19.6. The van der Waals surface area contributed by atoms with E-state index in [1.54, 1.807) is 19.1 Å². The number of carbonyl (C=O) groups excluding carboxylic acids is 1. The number of rotatable bonds is 5. The molecule has 0 aromatic heterocycles. The van der Waals surface area contributed by atoms with Crippen LogP contribution in [0.5, 0.6) is 5.75 Å². The highest BCUT2D eigenvalue weighted by Gasteiger charge is 2.25. The molecule has 6 nitrogen and oxygen atoms in total. The first kappa shape index (κ1) is 19.2. The van der Waals surface area contributed by atoms with Crippen molar-refractivity contribution in [1.29, 1.82) is 0 Å². The van der Waals surface area contributed by atoms with Crippen LogP contribution in [0, 0.1) is 5.82 Å². The number of nitrogens with one attached hydrogen (secondary N) is 1. The molecular formula is C19H21FN2O4S. The third kappa shape index (κ3) is 4.57. The Labute approximate surface area is 158 Å². The molecule has 1 atom stereocenters. The molecule has 8 heteroatoms. The molecule has 0 fully saturated rings. The summed E-state index contributed by atoms with van der Waals surface area (Å²) in [5.74, 6) is -0.391. The lowest BCUT2D eigenvalue weighted by Gasteiger charge is -2.29. The van der Waals surface area contributed by atoms with Gasteiger partial charge in [-0.05, 0) is 61.7 Å². The largest absolute Gasteiger partial charge is 0.481 e. The highest BCUT2D eigenvalue weighted by Crippen LogP contribution is 2.31. The van der Waals surface area contributed by atoms with Crippen LogP contribution < -0.4 is 14.4 Å². The van der Waals surface area contributed by atoms with Crippen LogP contribution in [0.25, 0.3) is 0 Å². The Morgan fingerprint density at radius 1 is 1.22 bits per heavy atom. The molecule has 3 rings (SSSR count). The van der Waals surface area contributed by atoms with Gasteiger partial charge in [0.05, 0.1) is 11.9 Å². The number of ether oxygens (including phenoxy) is 1. The highest BCUT2D eigenvalue weighted by molar-refractivity contribution is 7.92. The van der Waals surface area contributed by atoms with Gasteiger partial charge in [0, 0.05) is 12.2 Å². The summed E-state index contributed by atoms with van der Waals surface area (Å²) < 4.78 is 43.8. The average molecular weight is 392 g/mol. The van der Waals surface area contributed by atoms with Crippen LogP contribution in [-0.2, 0) is 21.2 Å². The number of nitrogens with zero attached hydrogens (tertiary/aromatic N) is 1. The van der Waals surface area contributed by atoms with E-state index in [4.69, 9.17) is 4.74 Å². The molecule has 0 unspecified atom stereocenters. The van der Waals surface area contributed by atoms with Gasteiger partial charge >= 0.3 is 0 Å². The van der Waals surface area contributed by atoms with E-state index in [1.807, 2.05) is 6.07 Å². The molecule has 0 spiro atoms. The Kier molecular flexibility index (Phi) is 5.36. The predicted octanol–water partition coefficient (Wildman–Crippen LogP) is 2.94. The summed E-state index contributed by atoms with van der Waals surface area (Å²) >= 11 is 0. The Morgan fingerprint density at radius 2 is 1.93 bits per heavy atom. The van der Waals surface area contributed by atoms with Gasteiger partial charge in [-0.1, -0.05) is 6.07 Å². The lowest BCUT2D eigenvalue weighted by Crippen LogP contribution is -2.35. The van der Waals surface area contributed by atoms with E-state index in [0.29, 0.717) is 23.7 Å². The molecule has 1 aliphatic rings. The van der Waals surface area contributed by atoms with Crippen molar-refractivity contribution in [2.45, 2.75) is 25.9 Å². The minimum absolute atomic E-state index is 0.382. The number of carbonyl (C=O) groups is 1. The van der Waals surface area contributed by atoms with Crippen molar-refractivity contribution in [3.05, 3.63) is 53.8 Å². The minimum atomic E-state index is -3.38. The Balaban J connectivity index is 1.73. The fraction of sp³-hybridized carbons (Fsp3) is 0.316. The fourth-order valence-corrected chi connectivity index (χ4v) is 3.97. The highest BCUT2D eigenvalue weighted by atomic mass is 32.2. The van der Waals surface area contributed by atoms with Gasteiger partial charge in [0.2, 0.25) is 10.0 Å². The number of hydrogen-bond donors (Lipinski definition) is 1. The molecule has 0 saturated carbocycles. The molecule has 0 saturated heterocycles. The maximum Gasteiger partial charge on any atom is 0.265 e. The zero-order valence-electron chi connectivity index (χ0n) is 15.1. The van der Waals surface area contributed by atoms with Crippen molar-refractivity contribution < 1.29 is 22.3 Å². The van der Waals surface area contributed by atoms with Gasteiger partial charge in [-0.25, -0.2) is 12.8 Å². The summed E-state index contributed by atoms with van der Waals surface area (Å²) in [6.45, 7) is 2.01. The van der Waals surface area contributed by atoms with E-state index < -0.39 is 16.1 Å². The molecule has 0 aliphatic carbocycles. The smallest absolute Gasteiger partial charge is 0.265 e. The summed E-state index contributed by atoms with van der Waals surface area (Å²) in [5.41, 5.74) is 2.01. The summed E-state index contributed by atoms with van der Waals surface area (Å²) in [4.78, 5) is 12.4. The van der Waals surface area contributed by atoms with Crippen molar-refractivity contribution in [2.24, 2.45) is 0 Å². The molecule has 27 heavy (non-hydrogen) atoms. The number of fused-ring (bicyclic) bond motifs is 1. The number of amides is 1. The van der Waals surface area contributed by atoms with Gasteiger partial charge in [-0.2, -0.15) is 0 Å². The average Bonchev–Trinajstić information content (AvgIpc) is 2.62. The summed E-state index contributed by atoms with van der Waals surface area (Å²) in [5, 5.41) is 2.74. The normalized spacial score (nSPS) is 15.0. The molecule has 1 aliphatic heterocycles. The number of sulfonamides is 1. The lowest BCUT2D eigenvalue weighted by molar-refractivity contribution is -0.122. The van der Waals surface area contributed by atoms with Crippen LogP contribution in [0.2, 0.25) is 0 Å². The van der Waals surface area contributed by atoms with Crippen LogP contribution >= 0.6 is 0 Å². The van der Waals surface area contributed by atoms with Crippen molar-refractivity contribution in [3.8, 4) is 5.75 Å². The van der Waals surface area contributed by atoms with E-state index >= 15 is 0 Å². The molecule has 144 valence electrons. The molecule has 0 radical (unpaired) electrons. The molecule has 1 N–H and O–H groups in total. The second kappa shape index (κ2) is 7.56. The summed E-state index contributed by atoms with van der Waals surface area (Å²) in [7, 11) is -3.38. The zero-order valence-corrected chi connectivity index (χ0v) is 15.9. The monoisotopic (exact) mass is 392 g/mol. The van der Waals surface area contributed by atoms with Gasteiger partial charge in [0.15, 0.2) is 6.10 Å². The van der Waals surface area contributed by atoms with Gasteiger partial charge < -0.3 is 10.1 Å². The second-order valence-corrected chi connectivity index (χ2v) is 8.39. The predicted molar refractivity (Wildman–Crippen MR) is 102 cm³/mol. The SMILES string of the molecule is C[C@H](Oc1ccc(F)cc1)C(=O)Nc1ccc2c(c1)N(S(C)(=O)=O)CCC2. The Hall–Kier alpha value is -2.61. The van der Waals surface area contributed by atoms with E-state index in [-0.39, 0.29) is 11.7 Å². The van der Waals surface area contributed by atoms with Crippen molar-refractivity contribution >= 4 is 27.3 Å². The number of halogens is 1. The summed E-state index contributed by atoms with van der Waals surface area (Å²) in [6.07, 6.45) is 1.91. The third-order valence-electron chi connectivity index (χ3n) is 4.32. The number of hydrogen-bond acceptors (Lipinski definition) is 4. The second-order valence-electron chi connectivity index (χ2n) is 6.49. The van der Waals surface area contributed by atoms with Gasteiger partial charge in [0.25, 0.3) is 5.91 Å². The quantitative estimate of drug-likeness (QED) is 0.849. The van der Waals surface area contributed by atoms with Gasteiger partial charge in [0.1, 0.15) is 11.6 Å². The van der Waals surface area contributed by atoms with Crippen molar-refractivity contribution in [1.82, 2.24) is 0 Å². The van der Waals surface area contributed by atoms with Gasteiger partial charge in [-0.3, -0.25) is 9.10 Å². The first-order chi connectivity index (χ1) is 12.7. The van der Waals surface area contributed by atoms with E-state index in [0.717, 1.165) is 18.4 Å². The number of anilines is 2. The minimum Gasteiger partial charge on any atom is -0.481 e. The van der Waals surface area contributed by atoms with Crippen LogP contribution in [0.4, 0.5) is 15.8 Å². The third-order valence-corrected chi connectivity index (χ3v) is 5.50. The summed E-state index contributed by atoms with van der Waals surface area (Å²) in [6, 6.07) is 10.6. The van der Waals surface area contributed by atoms with Crippen LogP contribution in [-0.4, -0.2) is 33.2 Å². The maximum atomic E-state index is 12.9. The van der Waals surface area contributed by atoms with Crippen LogP contribution in [0.1, 0.15) is 18.9 Å². The standard InChI is InChI=1S/C19H21FN2O4S/c1-13(26-17-9-6-15(20)7-10-17)19(23)21-16-8-5-14-4-3-11-22(18(14)12-16)27(2,24)25/h5-10,12-13H,3-4,11H2,1-2H3,(H,21,23)/t13-/m0/s1.